The minimum absolute atomic E-state index is 0.0674. The number of aryl methyl sites for hydroxylation is 1. The van der Waals surface area contributed by atoms with Crippen molar-refractivity contribution in [1.82, 2.24) is 4.90 Å². The first-order valence-corrected chi connectivity index (χ1v) is 11.8. The van der Waals surface area contributed by atoms with Crippen LogP contribution < -0.4 is 5.32 Å². The normalized spacial score (nSPS) is 15.8. The third-order valence-electron chi connectivity index (χ3n) is 6.68. The van der Waals surface area contributed by atoms with Crippen LogP contribution in [0.5, 0.6) is 0 Å². The lowest BCUT2D eigenvalue weighted by atomic mass is 9.90. The Morgan fingerprint density at radius 2 is 1.59 bits per heavy atom. The van der Waals surface area contributed by atoms with Gasteiger partial charge in [0.15, 0.2) is 0 Å². The fourth-order valence-corrected chi connectivity index (χ4v) is 4.78. The van der Waals surface area contributed by atoms with E-state index in [4.69, 9.17) is 0 Å². The topological polar surface area (TPSA) is 32.3 Å². The van der Waals surface area contributed by atoms with Gasteiger partial charge in [0.1, 0.15) is 0 Å². The van der Waals surface area contributed by atoms with E-state index in [0.717, 1.165) is 29.7 Å². The van der Waals surface area contributed by atoms with E-state index in [2.05, 4.69) is 40.6 Å². The van der Waals surface area contributed by atoms with Gasteiger partial charge in [-0.1, -0.05) is 60.2 Å². The van der Waals surface area contributed by atoms with Gasteiger partial charge in [-0.25, -0.2) is 0 Å². The average molecular weight is 423 g/mol. The van der Waals surface area contributed by atoms with Gasteiger partial charge < -0.3 is 10.2 Å². The Kier molecular flexibility index (Phi) is 6.17. The molecule has 3 aromatic rings. The summed E-state index contributed by atoms with van der Waals surface area (Å²) >= 11 is 0. The van der Waals surface area contributed by atoms with E-state index in [1.165, 1.54) is 50.0 Å². The van der Waals surface area contributed by atoms with E-state index >= 15 is 0 Å². The lowest BCUT2D eigenvalue weighted by Gasteiger charge is -2.20. The van der Waals surface area contributed by atoms with Gasteiger partial charge in [-0.05, 0) is 91.7 Å². The average Bonchev–Trinajstić information content (AvgIpc) is 3.37. The van der Waals surface area contributed by atoms with Crippen LogP contribution in [0.4, 0.5) is 5.69 Å². The molecule has 1 saturated heterocycles. The summed E-state index contributed by atoms with van der Waals surface area (Å²) in [7, 11) is 0. The molecule has 0 unspecified atom stereocenters. The molecule has 5 rings (SSSR count). The quantitative estimate of drug-likeness (QED) is 0.497. The van der Waals surface area contributed by atoms with Crippen LogP contribution in [-0.4, -0.2) is 30.4 Å². The molecule has 162 valence electrons. The molecule has 0 atom stereocenters. The number of rotatable bonds is 6. The summed E-state index contributed by atoms with van der Waals surface area (Å²) in [6.07, 6.45) is 8.43. The minimum Gasteiger partial charge on any atom is -0.322 e. The Labute approximate surface area is 190 Å². The summed E-state index contributed by atoms with van der Waals surface area (Å²) in [5.41, 5.74) is 8.00. The Bertz CT molecular complexity index is 1110. The second-order valence-corrected chi connectivity index (χ2v) is 8.91. The Morgan fingerprint density at radius 3 is 2.38 bits per heavy atom. The van der Waals surface area contributed by atoms with Crippen LogP contribution in [-0.2, 0) is 6.42 Å². The molecule has 0 bridgehead atoms. The van der Waals surface area contributed by atoms with Gasteiger partial charge in [-0.2, -0.15) is 0 Å². The zero-order valence-electron chi connectivity index (χ0n) is 18.5. The van der Waals surface area contributed by atoms with Crippen molar-refractivity contribution in [3.63, 3.8) is 0 Å². The van der Waals surface area contributed by atoms with Crippen molar-refractivity contribution in [2.24, 2.45) is 0 Å². The predicted octanol–water partition coefficient (Wildman–Crippen LogP) is 6.42. The number of likely N-dealkylation sites (tertiary alicyclic amines) is 1. The van der Waals surface area contributed by atoms with Crippen molar-refractivity contribution in [2.75, 3.05) is 25.0 Å². The van der Waals surface area contributed by atoms with Crippen LogP contribution >= 0.6 is 0 Å². The van der Waals surface area contributed by atoms with Crippen LogP contribution in [0.1, 0.15) is 47.2 Å². The Hall–Kier alpha value is -3.17. The highest BCUT2D eigenvalue weighted by Crippen LogP contribution is 2.29. The van der Waals surface area contributed by atoms with Gasteiger partial charge in [0.05, 0.1) is 0 Å². The monoisotopic (exact) mass is 422 g/mol. The first-order chi connectivity index (χ1) is 15.7. The molecule has 0 radical (unpaired) electrons. The first kappa shape index (κ1) is 20.7. The summed E-state index contributed by atoms with van der Waals surface area (Å²) in [6.45, 7) is 3.72. The summed E-state index contributed by atoms with van der Waals surface area (Å²) in [4.78, 5) is 15.4. The fourth-order valence-electron chi connectivity index (χ4n) is 4.78. The van der Waals surface area contributed by atoms with Crippen molar-refractivity contribution < 1.29 is 4.79 Å². The molecule has 3 nitrogen and oxygen atoms in total. The maximum Gasteiger partial charge on any atom is 0.255 e. The molecule has 1 N–H and O–H groups in total. The molecule has 1 amide bonds. The second-order valence-electron chi connectivity index (χ2n) is 8.91. The molecule has 3 heteroatoms. The zero-order chi connectivity index (χ0) is 21.8. The highest BCUT2D eigenvalue weighted by molar-refractivity contribution is 6.04. The predicted molar refractivity (Wildman–Crippen MR) is 133 cm³/mol. The number of carbonyl (C=O) groups excluding carboxylic acids is 1. The van der Waals surface area contributed by atoms with Crippen molar-refractivity contribution in [2.45, 2.75) is 32.1 Å². The standard InChI is InChI=1S/C29H30N2O/c32-29(25-12-10-24(11-13-25)23-6-2-1-3-7-23)30-28-15-14-26-20-22(8-9-27(26)21-28)16-19-31-17-4-5-18-31/h1-3,6-7,10-15,20-21H,4-5,8-9,16-19H2,(H,30,32). The van der Waals surface area contributed by atoms with E-state index < -0.39 is 0 Å². The van der Waals surface area contributed by atoms with E-state index in [-0.39, 0.29) is 5.91 Å². The largest absolute Gasteiger partial charge is 0.322 e. The molecule has 1 heterocycles. The van der Waals surface area contributed by atoms with E-state index in [9.17, 15) is 4.79 Å². The van der Waals surface area contributed by atoms with Crippen LogP contribution in [0.2, 0.25) is 0 Å². The van der Waals surface area contributed by atoms with Crippen LogP contribution in [0.15, 0.2) is 78.4 Å². The summed E-state index contributed by atoms with van der Waals surface area (Å²) in [6, 6.07) is 24.3. The smallest absolute Gasteiger partial charge is 0.255 e. The molecule has 1 fully saturated rings. The number of anilines is 1. The Morgan fingerprint density at radius 1 is 0.844 bits per heavy atom. The SMILES string of the molecule is O=C(Nc1ccc2c(c1)CCC(CCN1CCCC1)=C2)c1ccc(-c2ccccc2)cc1. The van der Waals surface area contributed by atoms with Gasteiger partial charge in [0.25, 0.3) is 5.91 Å². The second kappa shape index (κ2) is 9.54. The first-order valence-electron chi connectivity index (χ1n) is 11.8. The van der Waals surface area contributed by atoms with Gasteiger partial charge >= 0.3 is 0 Å². The van der Waals surface area contributed by atoms with E-state index in [1.807, 2.05) is 48.5 Å². The van der Waals surface area contributed by atoms with E-state index in [0.29, 0.717) is 5.56 Å². The zero-order valence-corrected chi connectivity index (χ0v) is 18.5. The maximum atomic E-state index is 12.8. The lowest BCUT2D eigenvalue weighted by molar-refractivity contribution is 0.102. The van der Waals surface area contributed by atoms with Crippen LogP contribution in [0.3, 0.4) is 0 Å². The third-order valence-corrected chi connectivity index (χ3v) is 6.68. The number of nitrogens with zero attached hydrogens (tertiary/aromatic N) is 1. The van der Waals surface area contributed by atoms with Gasteiger partial charge in [-0.15, -0.1) is 0 Å². The van der Waals surface area contributed by atoms with Gasteiger partial charge in [-0.3, -0.25) is 4.79 Å². The number of nitrogens with one attached hydrogen (secondary N) is 1. The van der Waals surface area contributed by atoms with Crippen molar-refractivity contribution in [1.29, 1.82) is 0 Å². The minimum atomic E-state index is -0.0674. The molecule has 0 spiro atoms. The number of benzene rings is 3. The van der Waals surface area contributed by atoms with Crippen molar-refractivity contribution in [3.05, 3.63) is 95.1 Å². The maximum absolute atomic E-state index is 12.8. The highest BCUT2D eigenvalue weighted by Gasteiger charge is 2.15. The number of amides is 1. The van der Waals surface area contributed by atoms with Crippen molar-refractivity contribution in [3.8, 4) is 11.1 Å². The van der Waals surface area contributed by atoms with Crippen LogP contribution in [0.25, 0.3) is 17.2 Å². The fraction of sp³-hybridized carbons (Fsp3) is 0.276. The van der Waals surface area contributed by atoms with Crippen molar-refractivity contribution >= 4 is 17.7 Å². The molecule has 1 aliphatic heterocycles. The molecular formula is C29H30N2O. The lowest BCUT2D eigenvalue weighted by Crippen LogP contribution is -2.21. The number of carbonyl (C=O) groups is 1. The summed E-state index contributed by atoms with van der Waals surface area (Å²) in [5.74, 6) is -0.0674. The summed E-state index contributed by atoms with van der Waals surface area (Å²) < 4.78 is 0. The van der Waals surface area contributed by atoms with Gasteiger partial charge in [0.2, 0.25) is 0 Å². The molecule has 3 aromatic carbocycles. The molecule has 0 aromatic heterocycles. The van der Waals surface area contributed by atoms with E-state index in [1.54, 1.807) is 5.57 Å². The Balaban J connectivity index is 1.22. The van der Waals surface area contributed by atoms with Gasteiger partial charge in [0, 0.05) is 17.8 Å². The van der Waals surface area contributed by atoms with Crippen LogP contribution in [0, 0.1) is 0 Å². The molecule has 2 aliphatic rings. The number of hydrogen-bond acceptors (Lipinski definition) is 2. The summed E-state index contributed by atoms with van der Waals surface area (Å²) in [5, 5.41) is 3.07. The molecule has 1 aliphatic carbocycles. The highest BCUT2D eigenvalue weighted by atomic mass is 16.1. The molecule has 32 heavy (non-hydrogen) atoms. The number of hydrogen-bond donors (Lipinski definition) is 1. The number of fused-ring (bicyclic) bond motifs is 1. The third kappa shape index (κ3) is 4.84. The molecular weight excluding hydrogens is 392 g/mol. The molecule has 0 saturated carbocycles.